The van der Waals surface area contributed by atoms with E-state index in [4.69, 9.17) is 9.47 Å². The number of carbonyl (C=O) groups excluding carboxylic acids is 1. The summed E-state index contributed by atoms with van der Waals surface area (Å²) < 4.78 is 10.0. The first-order valence-electron chi connectivity index (χ1n) is 5.97. The normalized spacial score (nSPS) is 9.95. The molecule has 1 aromatic heterocycles. The molecule has 20 heavy (non-hydrogen) atoms. The van der Waals surface area contributed by atoms with Gasteiger partial charge in [0, 0.05) is 5.56 Å². The van der Waals surface area contributed by atoms with Crippen molar-refractivity contribution in [3.63, 3.8) is 0 Å². The van der Waals surface area contributed by atoms with Crippen molar-refractivity contribution in [1.82, 2.24) is 9.97 Å². The Hall–Kier alpha value is -2.63. The molecule has 1 amide bonds. The fourth-order valence-electron chi connectivity index (χ4n) is 1.55. The third-order valence-corrected chi connectivity index (χ3v) is 2.64. The highest BCUT2D eigenvalue weighted by Gasteiger charge is 2.10. The van der Waals surface area contributed by atoms with E-state index in [2.05, 4.69) is 15.3 Å². The first-order chi connectivity index (χ1) is 9.62. The predicted molar refractivity (Wildman–Crippen MR) is 74.3 cm³/mol. The minimum absolute atomic E-state index is 0.131. The van der Waals surface area contributed by atoms with Gasteiger partial charge < -0.3 is 9.47 Å². The van der Waals surface area contributed by atoms with Crippen LogP contribution in [0, 0.1) is 6.92 Å². The van der Waals surface area contributed by atoms with Crippen molar-refractivity contribution in [1.29, 1.82) is 0 Å². The number of ether oxygens (including phenoxy) is 2. The maximum atomic E-state index is 12.1. The number of rotatable bonds is 4. The molecule has 1 aromatic carbocycles. The molecule has 6 heteroatoms. The maximum Gasteiger partial charge on any atom is 0.258 e. The number of nitrogens with one attached hydrogen (secondary N) is 1. The van der Waals surface area contributed by atoms with E-state index in [1.165, 1.54) is 20.3 Å². The van der Waals surface area contributed by atoms with Crippen molar-refractivity contribution in [2.24, 2.45) is 0 Å². The number of hydrogen-bond acceptors (Lipinski definition) is 5. The Morgan fingerprint density at radius 2 is 1.60 bits per heavy atom. The lowest BCUT2D eigenvalue weighted by atomic mass is 10.1. The first-order valence-corrected chi connectivity index (χ1v) is 5.97. The zero-order chi connectivity index (χ0) is 14.5. The van der Waals surface area contributed by atoms with Crippen molar-refractivity contribution in [2.45, 2.75) is 6.92 Å². The molecule has 0 aliphatic carbocycles. The molecule has 0 aliphatic rings. The van der Waals surface area contributed by atoms with Crippen LogP contribution in [0.3, 0.4) is 0 Å². The second kappa shape index (κ2) is 6.01. The third kappa shape index (κ3) is 3.23. The van der Waals surface area contributed by atoms with Crippen LogP contribution >= 0.6 is 0 Å². The Kier molecular flexibility index (Phi) is 4.14. The van der Waals surface area contributed by atoms with E-state index < -0.39 is 0 Å². The molecular formula is C14H15N3O3. The number of nitrogens with zero attached hydrogens (tertiary/aromatic N) is 2. The molecule has 0 bridgehead atoms. The van der Waals surface area contributed by atoms with E-state index in [1.807, 2.05) is 19.1 Å². The second-order valence-electron chi connectivity index (χ2n) is 4.10. The zero-order valence-corrected chi connectivity index (χ0v) is 11.5. The van der Waals surface area contributed by atoms with E-state index in [1.54, 1.807) is 12.1 Å². The minimum Gasteiger partial charge on any atom is -0.481 e. The summed E-state index contributed by atoms with van der Waals surface area (Å²) in [5.74, 6) is 0.471. The lowest BCUT2D eigenvalue weighted by Gasteiger charge is -2.07. The highest BCUT2D eigenvalue weighted by atomic mass is 16.5. The van der Waals surface area contributed by atoms with Gasteiger partial charge in [0.05, 0.1) is 20.3 Å². The number of anilines is 1. The minimum atomic E-state index is -0.291. The van der Waals surface area contributed by atoms with Crippen LogP contribution in [0.5, 0.6) is 11.8 Å². The Bertz CT molecular complexity index is 589. The van der Waals surface area contributed by atoms with E-state index in [0.29, 0.717) is 17.3 Å². The predicted octanol–water partition coefficient (Wildman–Crippen LogP) is 2.05. The molecule has 0 unspecified atom stereocenters. The van der Waals surface area contributed by atoms with Crippen LogP contribution < -0.4 is 14.8 Å². The quantitative estimate of drug-likeness (QED) is 0.923. The van der Waals surface area contributed by atoms with E-state index in [-0.39, 0.29) is 11.9 Å². The van der Waals surface area contributed by atoms with E-state index in [0.717, 1.165) is 5.56 Å². The number of aromatic nitrogens is 2. The molecule has 0 saturated carbocycles. The largest absolute Gasteiger partial charge is 0.481 e. The summed E-state index contributed by atoms with van der Waals surface area (Å²) in [6, 6.07) is 8.73. The van der Waals surface area contributed by atoms with Gasteiger partial charge in [-0.05, 0) is 19.1 Å². The molecule has 0 spiro atoms. The molecule has 0 aliphatic heterocycles. The summed E-state index contributed by atoms with van der Waals surface area (Å²) in [5.41, 5.74) is 1.61. The summed E-state index contributed by atoms with van der Waals surface area (Å²) in [7, 11) is 2.96. The summed E-state index contributed by atoms with van der Waals surface area (Å²) in [4.78, 5) is 20.1. The third-order valence-electron chi connectivity index (χ3n) is 2.64. The van der Waals surface area contributed by atoms with Crippen molar-refractivity contribution < 1.29 is 14.3 Å². The summed E-state index contributed by atoms with van der Waals surface area (Å²) in [6.07, 6.45) is 0. The van der Waals surface area contributed by atoms with Gasteiger partial charge >= 0.3 is 0 Å². The molecule has 0 saturated heterocycles. The first kappa shape index (κ1) is 13.8. The van der Waals surface area contributed by atoms with Gasteiger partial charge in [0.25, 0.3) is 5.91 Å². The van der Waals surface area contributed by atoms with Crippen molar-refractivity contribution in [2.75, 3.05) is 19.5 Å². The van der Waals surface area contributed by atoms with Crippen molar-refractivity contribution in [3.8, 4) is 11.8 Å². The number of aryl methyl sites for hydroxylation is 1. The molecule has 1 N–H and O–H groups in total. The molecular weight excluding hydrogens is 258 g/mol. The molecule has 2 aromatic rings. The summed E-state index contributed by atoms with van der Waals surface area (Å²) in [5, 5.41) is 2.61. The highest BCUT2D eigenvalue weighted by molar-refractivity contribution is 6.03. The van der Waals surface area contributed by atoms with Gasteiger partial charge in [-0.15, -0.1) is 0 Å². The van der Waals surface area contributed by atoms with Crippen molar-refractivity contribution in [3.05, 3.63) is 41.5 Å². The number of methoxy groups -OCH3 is 2. The Balaban J connectivity index is 2.20. The van der Waals surface area contributed by atoms with Gasteiger partial charge in [0.1, 0.15) is 0 Å². The van der Waals surface area contributed by atoms with Crippen LogP contribution in [0.4, 0.5) is 5.95 Å². The molecule has 104 valence electrons. The van der Waals surface area contributed by atoms with Crippen LogP contribution in [0.15, 0.2) is 30.3 Å². The van der Waals surface area contributed by atoms with Gasteiger partial charge in [0.2, 0.25) is 17.7 Å². The van der Waals surface area contributed by atoms with Gasteiger partial charge in [-0.3, -0.25) is 10.1 Å². The lowest BCUT2D eigenvalue weighted by Crippen LogP contribution is -2.14. The summed E-state index contributed by atoms with van der Waals surface area (Å²) >= 11 is 0. The monoisotopic (exact) mass is 273 g/mol. The number of benzene rings is 1. The van der Waals surface area contributed by atoms with Gasteiger partial charge in [0.15, 0.2) is 0 Å². The van der Waals surface area contributed by atoms with Crippen LogP contribution in [0.1, 0.15) is 15.9 Å². The SMILES string of the molecule is COc1cc(OC)nc(NC(=O)c2ccc(C)cc2)n1. The molecule has 1 heterocycles. The Morgan fingerprint density at radius 3 is 2.10 bits per heavy atom. The maximum absolute atomic E-state index is 12.1. The molecule has 0 atom stereocenters. The molecule has 0 radical (unpaired) electrons. The second-order valence-corrected chi connectivity index (χ2v) is 4.10. The van der Waals surface area contributed by atoms with Crippen molar-refractivity contribution >= 4 is 11.9 Å². The van der Waals surface area contributed by atoms with E-state index >= 15 is 0 Å². The smallest absolute Gasteiger partial charge is 0.258 e. The highest BCUT2D eigenvalue weighted by Crippen LogP contribution is 2.17. The van der Waals surface area contributed by atoms with Crippen LogP contribution in [-0.2, 0) is 0 Å². The number of carbonyl (C=O) groups is 1. The van der Waals surface area contributed by atoms with Gasteiger partial charge in [-0.25, -0.2) is 0 Å². The lowest BCUT2D eigenvalue weighted by molar-refractivity contribution is 0.102. The Morgan fingerprint density at radius 1 is 1.05 bits per heavy atom. The van der Waals surface area contributed by atoms with E-state index in [9.17, 15) is 4.79 Å². The zero-order valence-electron chi connectivity index (χ0n) is 11.5. The number of hydrogen-bond donors (Lipinski definition) is 1. The van der Waals surface area contributed by atoms with Gasteiger partial charge in [-0.1, -0.05) is 17.7 Å². The molecule has 6 nitrogen and oxygen atoms in total. The van der Waals surface area contributed by atoms with Crippen LogP contribution in [0.2, 0.25) is 0 Å². The standard InChI is InChI=1S/C14H15N3O3/c1-9-4-6-10(7-5-9)13(18)17-14-15-11(19-2)8-12(16-14)20-3/h4-8H,1-3H3,(H,15,16,17,18). The fraction of sp³-hybridized carbons (Fsp3) is 0.214. The average molecular weight is 273 g/mol. The van der Waals surface area contributed by atoms with Crippen LogP contribution in [-0.4, -0.2) is 30.1 Å². The molecule has 0 fully saturated rings. The number of amides is 1. The topological polar surface area (TPSA) is 73.3 Å². The van der Waals surface area contributed by atoms with Crippen LogP contribution in [0.25, 0.3) is 0 Å². The Labute approximate surface area is 116 Å². The molecule has 2 rings (SSSR count). The average Bonchev–Trinajstić information content (AvgIpc) is 2.47. The summed E-state index contributed by atoms with van der Waals surface area (Å²) in [6.45, 7) is 1.96. The van der Waals surface area contributed by atoms with Gasteiger partial charge in [-0.2, -0.15) is 9.97 Å². The fourth-order valence-corrected chi connectivity index (χ4v) is 1.55.